The second kappa shape index (κ2) is 6.93. The number of amides is 1. The molecule has 2 atom stereocenters. The molecule has 0 bridgehead atoms. The SMILES string of the molecule is Cc1cnc(CNC(=O)[C@H]2C[C@@]3(CO2)CN(C(C)C)c2ccccc23)cn1. The smallest absolute Gasteiger partial charge is 0.249 e. The molecule has 0 unspecified atom stereocenters. The summed E-state index contributed by atoms with van der Waals surface area (Å²) < 4.78 is 5.97. The van der Waals surface area contributed by atoms with Crippen LogP contribution in [0.3, 0.4) is 0 Å². The van der Waals surface area contributed by atoms with Crippen molar-refractivity contribution in [2.75, 3.05) is 18.1 Å². The molecule has 1 amide bonds. The fourth-order valence-corrected chi connectivity index (χ4v) is 4.13. The van der Waals surface area contributed by atoms with Gasteiger partial charge in [-0.15, -0.1) is 0 Å². The van der Waals surface area contributed by atoms with Crippen LogP contribution in [-0.4, -0.2) is 41.2 Å². The minimum Gasteiger partial charge on any atom is -0.368 e. The van der Waals surface area contributed by atoms with Gasteiger partial charge in [0.05, 0.1) is 30.7 Å². The Kier molecular flexibility index (Phi) is 4.60. The largest absolute Gasteiger partial charge is 0.368 e. The Bertz CT molecular complexity index is 836. The van der Waals surface area contributed by atoms with Gasteiger partial charge in [0.1, 0.15) is 6.10 Å². The van der Waals surface area contributed by atoms with Crippen molar-refractivity contribution in [2.24, 2.45) is 0 Å². The van der Waals surface area contributed by atoms with Crippen LogP contribution in [0.25, 0.3) is 0 Å². The van der Waals surface area contributed by atoms with Crippen LogP contribution in [0.15, 0.2) is 36.7 Å². The molecule has 0 aliphatic carbocycles. The maximum atomic E-state index is 12.7. The van der Waals surface area contributed by atoms with Crippen molar-refractivity contribution in [3.05, 3.63) is 53.6 Å². The number of hydrogen-bond donors (Lipinski definition) is 1. The van der Waals surface area contributed by atoms with Crippen molar-refractivity contribution in [2.45, 2.75) is 51.3 Å². The number of para-hydroxylation sites is 1. The summed E-state index contributed by atoms with van der Waals surface area (Å²) in [6, 6.07) is 8.93. The average Bonchev–Trinajstić information content (AvgIpc) is 3.24. The molecule has 1 aromatic heterocycles. The topological polar surface area (TPSA) is 67.3 Å². The average molecular weight is 366 g/mol. The zero-order valence-corrected chi connectivity index (χ0v) is 16.1. The Morgan fingerprint density at radius 2 is 2.15 bits per heavy atom. The summed E-state index contributed by atoms with van der Waals surface area (Å²) in [5.74, 6) is -0.0743. The van der Waals surface area contributed by atoms with Crippen molar-refractivity contribution >= 4 is 11.6 Å². The van der Waals surface area contributed by atoms with Crippen molar-refractivity contribution < 1.29 is 9.53 Å². The molecule has 4 rings (SSSR count). The molecule has 142 valence electrons. The minimum absolute atomic E-state index is 0.0743. The van der Waals surface area contributed by atoms with E-state index in [2.05, 4.69) is 58.3 Å². The van der Waals surface area contributed by atoms with Gasteiger partial charge in [-0.05, 0) is 38.8 Å². The molecule has 1 saturated heterocycles. The molecule has 1 fully saturated rings. The van der Waals surface area contributed by atoms with E-state index in [1.54, 1.807) is 12.4 Å². The molecular weight excluding hydrogens is 340 g/mol. The standard InChI is InChI=1S/C21H26N4O2/c1-14(2)25-12-21(17-6-4-5-7-18(17)25)8-19(27-13-21)20(26)24-11-16-10-22-15(3)9-23-16/h4-7,9-10,14,19H,8,11-13H2,1-3H3,(H,24,26)/t19-,21+/m1/s1. The molecular formula is C21H26N4O2. The molecule has 2 aliphatic heterocycles. The van der Waals surface area contributed by atoms with Crippen LogP contribution in [0.5, 0.6) is 0 Å². The molecule has 6 nitrogen and oxygen atoms in total. The van der Waals surface area contributed by atoms with E-state index in [4.69, 9.17) is 4.74 Å². The summed E-state index contributed by atoms with van der Waals surface area (Å²) in [7, 11) is 0. The van der Waals surface area contributed by atoms with Crippen LogP contribution in [0, 0.1) is 6.92 Å². The number of nitrogens with one attached hydrogen (secondary N) is 1. The first-order valence-electron chi connectivity index (χ1n) is 9.51. The highest BCUT2D eigenvalue weighted by Crippen LogP contribution is 2.47. The van der Waals surface area contributed by atoms with Gasteiger partial charge in [-0.1, -0.05) is 18.2 Å². The number of rotatable bonds is 4. The molecule has 0 radical (unpaired) electrons. The lowest BCUT2D eigenvalue weighted by Gasteiger charge is -2.27. The van der Waals surface area contributed by atoms with E-state index >= 15 is 0 Å². The van der Waals surface area contributed by atoms with E-state index < -0.39 is 6.10 Å². The molecule has 6 heteroatoms. The van der Waals surface area contributed by atoms with Crippen molar-refractivity contribution in [3.63, 3.8) is 0 Å². The van der Waals surface area contributed by atoms with E-state index in [9.17, 15) is 4.79 Å². The Hall–Kier alpha value is -2.47. The lowest BCUT2D eigenvalue weighted by molar-refractivity contribution is -0.130. The second-order valence-electron chi connectivity index (χ2n) is 7.89. The molecule has 2 aliphatic rings. The lowest BCUT2D eigenvalue weighted by Crippen LogP contribution is -2.39. The first kappa shape index (κ1) is 17.9. The van der Waals surface area contributed by atoms with Crippen molar-refractivity contribution in [1.82, 2.24) is 15.3 Å². The number of carbonyl (C=O) groups excluding carboxylic acids is 1. The van der Waals surface area contributed by atoms with Gasteiger partial charge in [0.25, 0.3) is 0 Å². The van der Waals surface area contributed by atoms with Gasteiger partial charge >= 0.3 is 0 Å². The van der Waals surface area contributed by atoms with Crippen LogP contribution in [0.1, 0.15) is 37.2 Å². The Morgan fingerprint density at radius 3 is 2.89 bits per heavy atom. The highest BCUT2D eigenvalue weighted by molar-refractivity contribution is 5.81. The van der Waals surface area contributed by atoms with Gasteiger partial charge in [-0.2, -0.15) is 0 Å². The highest BCUT2D eigenvalue weighted by Gasteiger charge is 2.50. The number of aromatic nitrogens is 2. The summed E-state index contributed by atoms with van der Waals surface area (Å²) in [6.45, 7) is 8.15. The van der Waals surface area contributed by atoms with Crippen LogP contribution in [0.4, 0.5) is 5.69 Å². The van der Waals surface area contributed by atoms with E-state index in [-0.39, 0.29) is 11.3 Å². The Balaban J connectivity index is 1.45. The molecule has 1 N–H and O–H groups in total. The summed E-state index contributed by atoms with van der Waals surface area (Å²) in [6.07, 6.45) is 3.68. The van der Waals surface area contributed by atoms with E-state index in [1.807, 2.05) is 6.92 Å². The third kappa shape index (κ3) is 3.30. The number of ether oxygens (including phenoxy) is 1. The zero-order chi connectivity index (χ0) is 19.0. The lowest BCUT2D eigenvalue weighted by atomic mass is 9.80. The summed E-state index contributed by atoms with van der Waals surface area (Å²) in [5.41, 5.74) is 4.08. The number of carbonyl (C=O) groups is 1. The predicted molar refractivity (Wildman–Crippen MR) is 104 cm³/mol. The van der Waals surface area contributed by atoms with Crippen molar-refractivity contribution in [1.29, 1.82) is 0 Å². The van der Waals surface area contributed by atoms with Gasteiger partial charge in [0, 0.05) is 29.9 Å². The van der Waals surface area contributed by atoms with Gasteiger partial charge in [-0.3, -0.25) is 14.8 Å². The van der Waals surface area contributed by atoms with Gasteiger partial charge in [0.2, 0.25) is 5.91 Å². The zero-order valence-electron chi connectivity index (χ0n) is 16.1. The molecule has 2 aromatic rings. The Labute approximate surface area is 160 Å². The molecule has 1 spiro atoms. The third-order valence-corrected chi connectivity index (χ3v) is 5.59. The molecule has 1 aromatic carbocycles. The van der Waals surface area contributed by atoms with Gasteiger partial charge in [0.15, 0.2) is 0 Å². The van der Waals surface area contributed by atoms with E-state index in [0.717, 1.165) is 17.9 Å². The maximum Gasteiger partial charge on any atom is 0.249 e. The normalized spacial score (nSPS) is 23.9. The predicted octanol–water partition coefficient (Wildman–Crippen LogP) is 2.36. The fraction of sp³-hybridized carbons (Fsp3) is 0.476. The first-order valence-corrected chi connectivity index (χ1v) is 9.51. The van der Waals surface area contributed by atoms with Crippen LogP contribution < -0.4 is 10.2 Å². The number of hydrogen-bond acceptors (Lipinski definition) is 5. The fourth-order valence-electron chi connectivity index (χ4n) is 4.13. The van der Waals surface area contributed by atoms with Crippen LogP contribution in [0.2, 0.25) is 0 Å². The van der Waals surface area contributed by atoms with Crippen molar-refractivity contribution in [3.8, 4) is 0 Å². The maximum absolute atomic E-state index is 12.7. The minimum atomic E-state index is -0.427. The molecule has 0 saturated carbocycles. The number of benzene rings is 1. The summed E-state index contributed by atoms with van der Waals surface area (Å²) in [5, 5.41) is 2.94. The number of nitrogens with zero attached hydrogens (tertiary/aromatic N) is 3. The first-order chi connectivity index (χ1) is 13.0. The second-order valence-corrected chi connectivity index (χ2v) is 7.89. The molecule has 27 heavy (non-hydrogen) atoms. The summed E-state index contributed by atoms with van der Waals surface area (Å²) >= 11 is 0. The van der Waals surface area contributed by atoms with Crippen LogP contribution >= 0.6 is 0 Å². The number of aryl methyl sites for hydroxylation is 1. The van der Waals surface area contributed by atoms with Crippen LogP contribution in [-0.2, 0) is 21.5 Å². The quantitative estimate of drug-likeness (QED) is 0.900. The van der Waals surface area contributed by atoms with Gasteiger partial charge < -0.3 is 15.0 Å². The highest BCUT2D eigenvalue weighted by atomic mass is 16.5. The van der Waals surface area contributed by atoms with E-state index in [0.29, 0.717) is 25.6 Å². The third-order valence-electron chi connectivity index (χ3n) is 5.59. The molecule has 3 heterocycles. The Morgan fingerprint density at radius 1 is 1.33 bits per heavy atom. The number of fused-ring (bicyclic) bond motifs is 2. The van der Waals surface area contributed by atoms with E-state index in [1.165, 1.54) is 11.3 Å². The monoisotopic (exact) mass is 366 g/mol. The number of anilines is 1. The van der Waals surface area contributed by atoms with Gasteiger partial charge in [-0.25, -0.2) is 0 Å². The summed E-state index contributed by atoms with van der Waals surface area (Å²) in [4.78, 5) is 23.6.